The summed E-state index contributed by atoms with van der Waals surface area (Å²) in [6, 6.07) is 2.51. The third-order valence-electron chi connectivity index (χ3n) is 7.20. The minimum absolute atomic E-state index is 0.00494. The molecule has 3 aliphatic rings. The van der Waals surface area contributed by atoms with Crippen molar-refractivity contribution in [3.63, 3.8) is 0 Å². The number of nitrogens with one attached hydrogen (secondary N) is 3. The van der Waals surface area contributed by atoms with E-state index in [1.54, 1.807) is 6.08 Å². The quantitative estimate of drug-likeness (QED) is 0.459. The predicted molar refractivity (Wildman–Crippen MR) is 134 cm³/mol. The second-order valence-corrected chi connectivity index (χ2v) is 9.66. The lowest BCUT2D eigenvalue weighted by Gasteiger charge is -2.29. The van der Waals surface area contributed by atoms with Crippen LogP contribution in [0.5, 0.6) is 0 Å². The molecule has 1 atom stereocenters. The summed E-state index contributed by atoms with van der Waals surface area (Å²) >= 11 is 0. The maximum Gasteiger partial charge on any atom is 0.256 e. The van der Waals surface area contributed by atoms with Crippen LogP contribution in [0.15, 0.2) is 12.1 Å². The first kappa shape index (κ1) is 24.2. The lowest BCUT2D eigenvalue weighted by Crippen LogP contribution is -2.42. The number of aromatic nitrogens is 1. The van der Waals surface area contributed by atoms with E-state index in [0.29, 0.717) is 42.0 Å². The molecule has 0 unspecified atom stereocenters. The summed E-state index contributed by atoms with van der Waals surface area (Å²) in [6.07, 6.45) is 3.47. The lowest BCUT2D eigenvalue weighted by molar-refractivity contribution is -0.123. The maximum absolute atomic E-state index is 14.7. The molecule has 1 aromatic carbocycles. The monoisotopic (exact) mass is 495 g/mol. The molecule has 5 rings (SSSR count). The van der Waals surface area contributed by atoms with Gasteiger partial charge >= 0.3 is 0 Å². The minimum atomic E-state index is -1.30. The Hall–Kier alpha value is -3.50. The van der Waals surface area contributed by atoms with Gasteiger partial charge in [-0.2, -0.15) is 0 Å². The number of H-pyrrole nitrogens is 1. The zero-order valence-electron chi connectivity index (χ0n) is 20.4. The van der Waals surface area contributed by atoms with Gasteiger partial charge in [0.2, 0.25) is 0 Å². The molecule has 0 aliphatic carbocycles. The standard InChI is InChI=1S/C26H30FN5O4/c1-14-20(28-19-5-8-32(26(36)23(14)19)10-9-31-6-3-4-7-31)12-17-16-11-18(27)22(30-24(34)15(2)33)13-21(16)29-25(17)35/h11-13,15,28,33H,3-10H2,1-2H3,(H,29,35)(H,30,34)/b17-12+/t15-/m0/s1. The number of carbonyl (C=O) groups excluding carboxylic acids is 3. The van der Waals surface area contributed by atoms with Crippen LogP contribution >= 0.6 is 0 Å². The number of anilines is 2. The molecule has 1 fully saturated rings. The minimum Gasteiger partial charge on any atom is -0.384 e. The van der Waals surface area contributed by atoms with Crippen LogP contribution in [0.1, 0.15) is 52.6 Å². The number of aliphatic hydroxyl groups is 1. The van der Waals surface area contributed by atoms with E-state index in [1.165, 1.54) is 31.9 Å². The highest BCUT2D eigenvalue weighted by atomic mass is 19.1. The molecule has 36 heavy (non-hydrogen) atoms. The molecule has 2 aromatic rings. The van der Waals surface area contributed by atoms with Crippen LogP contribution in [0.25, 0.3) is 11.6 Å². The number of amides is 3. The van der Waals surface area contributed by atoms with Crippen LogP contribution in [0.3, 0.4) is 0 Å². The molecule has 3 amide bonds. The zero-order chi connectivity index (χ0) is 25.6. The van der Waals surface area contributed by atoms with Gasteiger partial charge in [0.15, 0.2) is 0 Å². The first-order valence-corrected chi connectivity index (χ1v) is 12.3. The van der Waals surface area contributed by atoms with Crippen LogP contribution in [0.2, 0.25) is 0 Å². The number of fused-ring (bicyclic) bond motifs is 2. The van der Waals surface area contributed by atoms with Crippen LogP contribution < -0.4 is 10.6 Å². The molecule has 1 aromatic heterocycles. The molecule has 0 saturated carbocycles. The summed E-state index contributed by atoms with van der Waals surface area (Å²) in [6.45, 7) is 7.53. The summed E-state index contributed by atoms with van der Waals surface area (Å²) in [5, 5.41) is 14.4. The fourth-order valence-electron chi connectivity index (χ4n) is 5.12. The van der Waals surface area contributed by atoms with E-state index in [-0.39, 0.29) is 17.2 Å². The Labute approximate surface area is 208 Å². The summed E-state index contributed by atoms with van der Waals surface area (Å²) in [5.41, 5.74) is 3.74. The Morgan fingerprint density at radius 2 is 1.97 bits per heavy atom. The third-order valence-corrected chi connectivity index (χ3v) is 7.20. The van der Waals surface area contributed by atoms with Gasteiger partial charge in [-0.15, -0.1) is 0 Å². The lowest BCUT2D eigenvalue weighted by atomic mass is 10.0. The van der Waals surface area contributed by atoms with E-state index in [9.17, 15) is 23.9 Å². The summed E-state index contributed by atoms with van der Waals surface area (Å²) in [4.78, 5) is 45.4. The summed E-state index contributed by atoms with van der Waals surface area (Å²) in [5.74, 6) is -1.89. The van der Waals surface area contributed by atoms with Gasteiger partial charge < -0.3 is 30.5 Å². The molecule has 10 heteroatoms. The van der Waals surface area contributed by atoms with Gasteiger partial charge in [0.1, 0.15) is 11.9 Å². The third kappa shape index (κ3) is 4.42. The van der Waals surface area contributed by atoms with Crippen molar-refractivity contribution in [2.45, 2.75) is 39.2 Å². The van der Waals surface area contributed by atoms with E-state index >= 15 is 0 Å². The topological polar surface area (TPSA) is 118 Å². The fourth-order valence-corrected chi connectivity index (χ4v) is 5.12. The van der Waals surface area contributed by atoms with Gasteiger partial charge in [-0.05, 0) is 63.6 Å². The first-order chi connectivity index (χ1) is 17.2. The number of aliphatic hydroxyl groups excluding tert-OH is 1. The number of benzene rings is 1. The second-order valence-electron chi connectivity index (χ2n) is 9.66. The molecule has 0 radical (unpaired) electrons. The highest BCUT2D eigenvalue weighted by molar-refractivity contribution is 6.35. The van der Waals surface area contributed by atoms with Gasteiger partial charge in [0.05, 0.1) is 22.5 Å². The van der Waals surface area contributed by atoms with Crippen LogP contribution in [-0.2, 0) is 16.0 Å². The average Bonchev–Trinajstić information content (AvgIpc) is 3.53. The Bertz CT molecular complexity index is 1280. The normalized spacial score (nSPS) is 19.4. The Balaban J connectivity index is 1.40. The summed E-state index contributed by atoms with van der Waals surface area (Å²) in [7, 11) is 0. The molecular weight excluding hydrogens is 465 g/mol. The van der Waals surface area contributed by atoms with Crippen LogP contribution in [0.4, 0.5) is 15.8 Å². The number of halogens is 1. The van der Waals surface area contributed by atoms with E-state index in [4.69, 9.17) is 0 Å². The fraction of sp³-hybridized carbons (Fsp3) is 0.423. The van der Waals surface area contributed by atoms with Crippen molar-refractivity contribution >= 4 is 40.7 Å². The molecule has 1 saturated heterocycles. The van der Waals surface area contributed by atoms with Crippen LogP contribution in [-0.4, -0.2) is 76.4 Å². The van der Waals surface area contributed by atoms with E-state index in [1.807, 2.05) is 11.8 Å². The van der Waals surface area contributed by atoms with Gasteiger partial charge in [-0.3, -0.25) is 14.4 Å². The molecule has 4 heterocycles. The molecule has 3 aliphatic heterocycles. The number of hydrogen-bond acceptors (Lipinski definition) is 5. The predicted octanol–water partition coefficient (Wildman–Crippen LogP) is 2.37. The smallest absolute Gasteiger partial charge is 0.256 e. The van der Waals surface area contributed by atoms with E-state index in [0.717, 1.165) is 30.9 Å². The van der Waals surface area contributed by atoms with Gasteiger partial charge in [-0.1, -0.05) is 0 Å². The number of nitrogens with zero attached hydrogens (tertiary/aromatic N) is 2. The van der Waals surface area contributed by atoms with Crippen molar-refractivity contribution in [3.8, 4) is 0 Å². The molecular formula is C26H30FN5O4. The molecule has 0 bridgehead atoms. The Kier molecular flexibility index (Phi) is 6.40. The van der Waals surface area contributed by atoms with Gasteiger partial charge in [0.25, 0.3) is 17.7 Å². The SMILES string of the molecule is Cc1c(/C=C2/C(=O)Nc3cc(NC(=O)[C@H](C)O)c(F)cc32)[nH]c2c1C(=O)N(CCN1CCCC1)CC2. The van der Waals surface area contributed by atoms with E-state index < -0.39 is 23.7 Å². The first-order valence-electron chi connectivity index (χ1n) is 12.3. The van der Waals surface area contributed by atoms with Crippen molar-refractivity contribution in [1.29, 1.82) is 0 Å². The van der Waals surface area contributed by atoms with Crippen molar-refractivity contribution in [3.05, 3.63) is 46.0 Å². The van der Waals surface area contributed by atoms with Gasteiger partial charge in [-0.25, -0.2) is 4.39 Å². The highest BCUT2D eigenvalue weighted by Crippen LogP contribution is 2.37. The Morgan fingerprint density at radius 3 is 2.69 bits per heavy atom. The van der Waals surface area contributed by atoms with E-state index in [2.05, 4.69) is 20.5 Å². The number of hydrogen-bond donors (Lipinski definition) is 4. The largest absolute Gasteiger partial charge is 0.384 e. The second kappa shape index (κ2) is 9.51. The van der Waals surface area contributed by atoms with Crippen LogP contribution in [0, 0.1) is 12.7 Å². The number of carbonyl (C=O) groups is 3. The number of aromatic amines is 1. The van der Waals surface area contributed by atoms with Crippen molar-refractivity contribution in [1.82, 2.24) is 14.8 Å². The molecule has 0 spiro atoms. The average molecular weight is 496 g/mol. The Morgan fingerprint density at radius 1 is 1.22 bits per heavy atom. The zero-order valence-corrected chi connectivity index (χ0v) is 20.4. The molecule has 4 N–H and O–H groups in total. The number of likely N-dealkylation sites (tertiary alicyclic amines) is 1. The van der Waals surface area contributed by atoms with Gasteiger partial charge in [0, 0.05) is 43.0 Å². The molecule has 9 nitrogen and oxygen atoms in total. The highest BCUT2D eigenvalue weighted by Gasteiger charge is 2.31. The van der Waals surface area contributed by atoms with Crippen molar-refractivity contribution in [2.75, 3.05) is 43.4 Å². The van der Waals surface area contributed by atoms with Crippen molar-refractivity contribution < 1.29 is 23.9 Å². The van der Waals surface area contributed by atoms with Crippen molar-refractivity contribution in [2.24, 2.45) is 0 Å². The maximum atomic E-state index is 14.7. The summed E-state index contributed by atoms with van der Waals surface area (Å²) < 4.78 is 14.7. The molecule has 190 valence electrons. The number of rotatable bonds is 6.